The minimum Gasteiger partial charge on any atom is -0.366 e. The SMILES string of the molecule is CC1=C(C(N)=O)[C@@H](c2ccccc2)n2nc(-c3cccs3)nc2N1. The van der Waals surface area contributed by atoms with E-state index in [1.54, 1.807) is 16.0 Å². The third-order valence-electron chi connectivity index (χ3n) is 3.97. The Labute approximate surface area is 142 Å². The van der Waals surface area contributed by atoms with E-state index in [4.69, 9.17) is 5.73 Å². The van der Waals surface area contributed by atoms with E-state index in [1.165, 1.54) is 0 Å². The largest absolute Gasteiger partial charge is 0.366 e. The van der Waals surface area contributed by atoms with Gasteiger partial charge in [0.15, 0.2) is 5.82 Å². The number of fused-ring (bicyclic) bond motifs is 1. The maximum Gasteiger partial charge on any atom is 0.248 e. The van der Waals surface area contributed by atoms with Crippen LogP contribution in [0.25, 0.3) is 10.7 Å². The van der Waals surface area contributed by atoms with Crippen molar-refractivity contribution in [2.45, 2.75) is 13.0 Å². The number of primary amides is 1. The number of aromatic nitrogens is 3. The number of nitrogens with two attached hydrogens (primary N) is 1. The summed E-state index contributed by atoms with van der Waals surface area (Å²) in [5.74, 6) is 0.773. The van der Waals surface area contributed by atoms with Crippen molar-refractivity contribution in [2.24, 2.45) is 5.73 Å². The predicted octanol–water partition coefficient (Wildman–Crippen LogP) is 2.78. The first-order chi connectivity index (χ1) is 11.6. The molecule has 1 aliphatic rings. The van der Waals surface area contributed by atoms with Gasteiger partial charge in [-0.2, -0.15) is 4.98 Å². The van der Waals surface area contributed by atoms with Gasteiger partial charge in [0.05, 0.1) is 10.5 Å². The van der Waals surface area contributed by atoms with E-state index < -0.39 is 5.91 Å². The maximum absolute atomic E-state index is 12.1. The second-order valence-electron chi connectivity index (χ2n) is 5.52. The number of nitrogens with zero attached hydrogens (tertiary/aromatic N) is 3. The zero-order valence-electron chi connectivity index (χ0n) is 12.9. The lowest BCUT2D eigenvalue weighted by Crippen LogP contribution is -2.31. The Morgan fingerprint density at radius 2 is 2.04 bits per heavy atom. The zero-order chi connectivity index (χ0) is 16.7. The molecule has 120 valence electrons. The van der Waals surface area contributed by atoms with Crippen molar-refractivity contribution in [1.82, 2.24) is 14.8 Å². The van der Waals surface area contributed by atoms with Gasteiger partial charge >= 0.3 is 0 Å². The Bertz CT molecular complexity index is 927. The van der Waals surface area contributed by atoms with E-state index in [-0.39, 0.29) is 6.04 Å². The lowest BCUT2D eigenvalue weighted by atomic mass is 9.95. The highest BCUT2D eigenvalue weighted by Gasteiger charge is 2.33. The summed E-state index contributed by atoms with van der Waals surface area (Å²) in [6, 6.07) is 13.3. The molecule has 7 heteroatoms. The molecule has 3 N–H and O–H groups in total. The minimum absolute atomic E-state index is 0.388. The Morgan fingerprint density at radius 1 is 1.25 bits per heavy atom. The average molecular weight is 337 g/mol. The molecule has 0 bridgehead atoms. The molecule has 3 aromatic rings. The van der Waals surface area contributed by atoms with Gasteiger partial charge in [-0.05, 0) is 23.9 Å². The van der Waals surface area contributed by atoms with Gasteiger partial charge in [0.1, 0.15) is 6.04 Å². The molecule has 0 aliphatic carbocycles. The van der Waals surface area contributed by atoms with Crippen LogP contribution in [-0.4, -0.2) is 20.7 Å². The van der Waals surface area contributed by atoms with Crippen LogP contribution in [-0.2, 0) is 4.79 Å². The molecular weight excluding hydrogens is 322 g/mol. The fourth-order valence-corrected chi connectivity index (χ4v) is 3.58. The number of carbonyl (C=O) groups is 1. The third-order valence-corrected chi connectivity index (χ3v) is 4.84. The van der Waals surface area contributed by atoms with Gasteiger partial charge in [-0.3, -0.25) is 4.79 Å². The fraction of sp³-hybridized carbons (Fsp3) is 0.118. The van der Waals surface area contributed by atoms with Crippen molar-refractivity contribution in [3.63, 3.8) is 0 Å². The first-order valence-corrected chi connectivity index (χ1v) is 8.36. The highest BCUT2D eigenvalue weighted by atomic mass is 32.1. The molecule has 0 unspecified atom stereocenters. The van der Waals surface area contributed by atoms with Crippen molar-refractivity contribution >= 4 is 23.2 Å². The van der Waals surface area contributed by atoms with Gasteiger partial charge in [0.25, 0.3) is 0 Å². The van der Waals surface area contributed by atoms with Crippen molar-refractivity contribution < 1.29 is 4.79 Å². The minimum atomic E-state index is -0.465. The summed E-state index contributed by atoms with van der Waals surface area (Å²) in [4.78, 5) is 17.6. The highest BCUT2D eigenvalue weighted by Crippen LogP contribution is 2.36. The number of anilines is 1. The van der Waals surface area contributed by atoms with Crippen LogP contribution in [0.4, 0.5) is 5.95 Å². The van der Waals surface area contributed by atoms with E-state index >= 15 is 0 Å². The standard InChI is InChI=1S/C17H15N5OS/c1-10-13(15(18)23)14(11-6-3-2-4-7-11)22-17(19-10)20-16(21-22)12-8-5-9-24-12/h2-9,14H,1H3,(H2,18,23)(H,19,20,21)/t14-/m1/s1. The number of rotatable bonds is 3. The molecule has 0 fully saturated rings. The van der Waals surface area contributed by atoms with Gasteiger partial charge in [-0.1, -0.05) is 36.4 Å². The average Bonchev–Trinajstić information content (AvgIpc) is 3.23. The monoisotopic (exact) mass is 337 g/mol. The van der Waals surface area contributed by atoms with Crippen LogP contribution in [0, 0.1) is 0 Å². The molecule has 1 aromatic carbocycles. The van der Waals surface area contributed by atoms with Crippen molar-refractivity contribution in [1.29, 1.82) is 0 Å². The summed E-state index contributed by atoms with van der Waals surface area (Å²) >= 11 is 1.57. The quantitative estimate of drug-likeness (QED) is 0.769. The number of thiophene rings is 1. The van der Waals surface area contributed by atoms with Crippen LogP contribution >= 0.6 is 11.3 Å². The van der Waals surface area contributed by atoms with E-state index in [0.29, 0.717) is 23.0 Å². The molecular formula is C17H15N5OS. The second kappa shape index (κ2) is 5.61. The van der Waals surface area contributed by atoms with Crippen molar-refractivity contribution in [2.75, 3.05) is 5.32 Å². The van der Waals surface area contributed by atoms with Gasteiger partial charge in [0, 0.05) is 5.70 Å². The summed E-state index contributed by atoms with van der Waals surface area (Å²) in [7, 11) is 0. The van der Waals surface area contributed by atoms with E-state index in [2.05, 4.69) is 15.4 Å². The summed E-state index contributed by atoms with van der Waals surface area (Å²) < 4.78 is 1.73. The van der Waals surface area contributed by atoms with Crippen LogP contribution in [0.2, 0.25) is 0 Å². The third kappa shape index (κ3) is 2.30. The molecule has 2 aromatic heterocycles. The van der Waals surface area contributed by atoms with Crippen LogP contribution in [0.3, 0.4) is 0 Å². The number of allylic oxidation sites excluding steroid dienone is 1. The molecule has 0 radical (unpaired) electrons. The number of benzene rings is 1. The Morgan fingerprint density at radius 3 is 2.71 bits per heavy atom. The number of hydrogen-bond acceptors (Lipinski definition) is 5. The molecule has 3 heterocycles. The normalized spacial score (nSPS) is 16.6. The number of hydrogen-bond donors (Lipinski definition) is 2. The molecule has 1 amide bonds. The van der Waals surface area contributed by atoms with Gasteiger partial charge in [-0.15, -0.1) is 16.4 Å². The highest BCUT2D eigenvalue weighted by molar-refractivity contribution is 7.13. The summed E-state index contributed by atoms with van der Waals surface area (Å²) in [5, 5.41) is 9.76. The summed E-state index contributed by atoms with van der Waals surface area (Å²) in [6.07, 6.45) is 0. The molecule has 1 aliphatic heterocycles. The number of amides is 1. The summed E-state index contributed by atoms with van der Waals surface area (Å²) in [5.41, 5.74) is 7.79. The zero-order valence-corrected chi connectivity index (χ0v) is 13.7. The van der Waals surface area contributed by atoms with E-state index in [0.717, 1.165) is 10.4 Å². The number of nitrogens with one attached hydrogen (secondary N) is 1. The molecule has 1 atom stereocenters. The van der Waals surface area contributed by atoms with Crippen LogP contribution in [0.15, 0.2) is 59.1 Å². The van der Waals surface area contributed by atoms with Crippen LogP contribution in [0.1, 0.15) is 18.5 Å². The van der Waals surface area contributed by atoms with Crippen LogP contribution in [0.5, 0.6) is 0 Å². The molecule has 0 spiro atoms. The molecule has 24 heavy (non-hydrogen) atoms. The Hall–Kier alpha value is -2.93. The lowest BCUT2D eigenvalue weighted by molar-refractivity contribution is -0.115. The van der Waals surface area contributed by atoms with Gasteiger partial charge in [0.2, 0.25) is 11.9 Å². The first kappa shape index (κ1) is 14.6. The molecule has 0 saturated heterocycles. The fourth-order valence-electron chi connectivity index (χ4n) is 2.92. The number of carbonyl (C=O) groups excluding carboxylic acids is 1. The van der Waals surface area contributed by atoms with Crippen molar-refractivity contribution in [3.05, 3.63) is 64.7 Å². The summed E-state index contributed by atoms with van der Waals surface area (Å²) in [6.45, 7) is 1.83. The van der Waals surface area contributed by atoms with E-state index in [9.17, 15) is 4.79 Å². The van der Waals surface area contributed by atoms with Gasteiger partial charge < -0.3 is 11.1 Å². The second-order valence-corrected chi connectivity index (χ2v) is 6.47. The van der Waals surface area contributed by atoms with E-state index in [1.807, 2.05) is 54.8 Å². The Balaban J connectivity index is 1.90. The predicted molar refractivity (Wildman–Crippen MR) is 93.4 cm³/mol. The van der Waals surface area contributed by atoms with Crippen LogP contribution < -0.4 is 11.1 Å². The molecule has 6 nitrogen and oxygen atoms in total. The molecule has 4 rings (SSSR count). The maximum atomic E-state index is 12.1. The molecule has 0 saturated carbocycles. The Kier molecular flexibility index (Phi) is 3.42. The topological polar surface area (TPSA) is 85.8 Å². The van der Waals surface area contributed by atoms with Crippen molar-refractivity contribution in [3.8, 4) is 10.7 Å². The first-order valence-electron chi connectivity index (χ1n) is 7.48. The van der Waals surface area contributed by atoms with Gasteiger partial charge in [-0.25, -0.2) is 4.68 Å². The smallest absolute Gasteiger partial charge is 0.248 e. The lowest BCUT2D eigenvalue weighted by Gasteiger charge is -2.27.